The first-order chi connectivity index (χ1) is 9.38. The third kappa shape index (κ3) is 3.61. The molecule has 1 aliphatic rings. The highest BCUT2D eigenvalue weighted by Gasteiger charge is 2.22. The molecule has 1 saturated carbocycles. The molecule has 6 nitrogen and oxygen atoms in total. The van der Waals surface area contributed by atoms with Crippen molar-refractivity contribution in [3.63, 3.8) is 0 Å². The summed E-state index contributed by atoms with van der Waals surface area (Å²) in [5.74, 6) is -0.0720. The van der Waals surface area contributed by atoms with Crippen molar-refractivity contribution in [1.82, 2.24) is 9.71 Å². The van der Waals surface area contributed by atoms with E-state index in [2.05, 4.69) is 16.6 Å². The van der Waals surface area contributed by atoms with Crippen molar-refractivity contribution in [2.75, 3.05) is 6.54 Å². The summed E-state index contributed by atoms with van der Waals surface area (Å²) in [5.41, 5.74) is -0.128. The Morgan fingerprint density at radius 1 is 1.40 bits per heavy atom. The standard InChI is InChI=1S/C13H20N2O4S/c1-9-2-4-10(5-3-9)7-15-20(18,19)11-6-12(13(16)17)14-8-11/h6,8-10,14-15H,2-5,7H2,1H3,(H,16,17). The van der Waals surface area contributed by atoms with Crippen LogP contribution < -0.4 is 4.72 Å². The number of aromatic amines is 1. The summed E-state index contributed by atoms with van der Waals surface area (Å²) in [4.78, 5) is 13.1. The molecule has 7 heteroatoms. The molecule has 0 saturated heterocycles. The number of aromatic carboxylic acids is 1. The number of H-pyrrole nitrogens is 1. The van der Waals surface area contributed by atoms with Crippen LogP contribution in [0.2, 0.25) is 0 Å². The minimum atomic E-state index is -3.63. The van der Waals surface area contributed by atoms with Gasteiger partial charge in [0.2, 0.25) is 10.0 Å². The number of hydrogen-bond donors (Lipinski definition) is 3. The van der Waals surface area contributed by atoms with E-state index >= 15 is 0 Å². The summed E-state index contributed by atoms with van der Waals surface area (Å²) < 4.78 is 26.7. The Hall–Kier alpha value is -1.34. The van der Waals surface area contributed by atoms with Gasteiger partial charge in [0.1, 0.15) is 10.6 Å². The molecule has 0 aliphatic heterocycles. The third-order valence-corrected chi connectivity index (χ3v) is 5.30. The Morgan fingerprint density at radius 2 is 2.05 bits per heavy atom. The minimum absolute atomic E-state index is 0.0286. The molecule has 0 bridgehead atoms. The second-order valence-electron chi connectivity index (χ2n) is 5.53. The van der Waals surface area contributed by atoms with Gasteiger partial charge in [0, 0.05) is 12.7 Å². The highest BCUT2D eigenvalue weighted by Crippen LogP contribution is 2.28. The smallest absolute Gasteiger partial charge is 0.352 e. The van der Waals surface area contributed by atoms with E-state index in [-0.39, 0.29) is 10.6 Å². The maximum absolute atomic E-state index is 12.1. The normalized spacial score (nSPS) is 23.6. The lowest BCUT2D eigenvalue weighted by Crippen LogP contribution is -2.31. The first-order valence-electron chi connectivity index (χ1n) is 6.80. The predicted molar refractivity (Wildman–Crippen MR) is 74.1 cm³/mol. The van der Waals surface area contributed by atoms with Crippen LogP contribution in [0.4, 0.5) is 0 Å². The van der Waals surface area contributed by atoms with Crippen LogP contribution in [0.5, 0.6) is 0 Å². The molecule has 1 aromatic heterocycles. The van der Waals surface area contributed by atoms with Gasteiger partial charge in [0.05, 0.1) is 0 Å². The average molecular weight is 300 g/mol. The average Bonchev–Trinajstić information content (AvgIpc) is 2.89. The van der Waals surface area contributed by atoms with Gasteiger partial charge in [-0.3, -0.25) is 0 Å². The highest BCUT2D eigenvalue weighted by molar-refractivity contribution is 7.89. The zero-order chi connectivity index (χ0) is 14.8. The van der Waals surface area contributed by atoms with Crippen LogP contribution in [0.3, 0.4) is 0 Å². The number of carboxylic acids is 1. The van der Waals surface area contributed by atoms with E-state index in [0.29, 0.717) is 12.5 Å². The second-order valence-corrected chi connectivity index (χ2v) is 7.30. The monoisotopic (exact) mass is 300 g/mol. The van der Waals surface area contributed by atoms with Crippen molar-refractivity contribution in [2.24, 2.45) is 11.8 Å². The van der Waals surface area contributed by atoms with Crippen LogP contribution in [0, 0.1) is 11.8 Å². The van der Waals surface area contributed by atoms with E-state index in [1.807, 2.05) is 0 Å². The fourth-order valence-electron chi connectivity index (χ4n) is 2.50. The van der Waals surface area contributed by atoms with Gasteiger partial charge in [-0.25, -0.2) is 17.9 Å². The zero-order valence-corrected chi connectivity index (χ0v) is 12.2. The van der Waals surface area contributed by atoms with Gasteiger partial charge in [0.25, 0.3) is 0 Å². The summed E-state index contributed by atoms with van der Waals surface area (Å²) in [5, 5.41) is 8.78. The highest BCUT2D eigenvalue weighted by atomic mass is 32.2. The van der Waals surface area contributed by atoms with Gasteiger partial charge < -0.3 is 10.1 Å². The van der Waals surface area contributed by atoms with E-state index in [1.165, 1.54) is 6.20 Å². The number of aromatic nitrogens is 1. The van der Waals surface area contributed by atoms with Crippen LogP contribution in [0.25, 0.3) is 0 Å². The van der Waals surface area contributed by atoms with Crippen molar-refractivity contribution in [2.45, 2.75) is 37.5 Å². The summed E-state index contributed by atoms with van der Waals surface area (Å²) >= 11 is 0. The molecule has 1 aliphatic carbocycles. The lowest BCUT2D eigenvalue weighted by molar-refractivity contribution is 0.0691. The van der Waals surface area contributed by atoms with Gasteiger partial charge in [-0.1, -0.05) is 19.8 Å². The van der Waals surface area contributed by atoms with Crippen LogP contribution in [0.1, 0.15) is 43.1 Å². The predicted octanol–water partition coefficient (Wildman–Crippen LogP) is 1.82. The van der Waals surface area contributed by atoms with Crippen molar-refractivity contribution >= 4 is 16.0 Å². The maximum Gasteiger partial charge on any atom is 0.352 e. The van der Waals surface area contributed by atoms with Gasteiger partial charge >= 0.3 is 5.97 Å². The Bertz CT molecular complexity index is 571. The molecule has 20 heavy (non-hydrogen) atoms. The molecule has 2 rings (SSSR count). The van der Waals surface area contributed by atoms with Crippen LogP contribution in [-0.2, 0) is 10.0 Å². The summed E-state index contributed by atoms with van der Waals surface area (Å²) in [6, 6.07) is 1.13. The second kappa shape index (κ2) is 5.97. The van der Waals surface area contributed by atoms with Crippen molar-refractivity contribution in [3.05, 3.63) is 18.0 Å². The van der Waals surface area contributed by atoms with Crippen molar-refractivity contribution < 1.29 is 18.3 Å². The summed E-state index contributed by atoms with van der Waals surface area (Å²) in [7, 11) is -3.63. The van der Waals surface area contributed by atoms with E-state index in [4.69, 9.17) is 5.11 Å². The topological polar surface area (TPSA) is 99.3 Å². The summed E-state index contributed by atoms with van der Waals surface area (Å²) in [6.45, 7) is 2.64. The lowest BCUT2D eigenvalue weighted by atomic mass is 9.83. The molecule has 0 aromatic carbocycles. The van der Waals surface area contributed by atoms with Gasteiger partial charge in [-0.2, -0.15) is 0 Å². The van der Waals surface area contributed by atoms with Crippen LogP contribution in [0.15, 0.2) is 17.2 Å². The largest absolute Gasteiger partial charge is 0.477 e. The van der Waals surface area contributed by atoms with Gasteiger partial charge in [-0.15, -0.1) is 0 Å². The van der Waals surface area contributed by atoms with E-state index in [1.54, 1.807) is 0 Å². The molecule has 0 radical (unpaired) electrons. The molecule has 0 unspecified atom stereocenters. The number of sulfonamides is 1. The fraction of sp³-hybridized carbons (Fsp3) is 0.615. The van der Waals surface area contributed by atoms with E-state index < -0.39 is 16.0 Å². The van der Waals surface area contributed by atoms with Crippen LogP contribution >= 0.6 is 0 Å². The Kier molecular flexibility index (Phi) is 4.49. The quantitative estimate of drug-likeness (QED) is 0.772. The molecule has 1 heterocycles. The molecule has 0 amide bonds. The van der Waals surface area contributed by atoms with E-state index in [9.17, 15) is 13.2 Å². The Labute approximate surface area is 118 Å². The first-order valence-corrected chi connectivity index (χ1v) is 8.28. The number of carboxylic acid groups (broad SMARTS) is 1. The fourth-order valence-corrected chi connectivity index (χ4v) is 3.61. The molecule has 0 atom stereocenters. The number of hydrogen-bond acceptors (Lipinski definition) is 3. The number of rotatable bonds is 5. The third-order valence-electron chi connectivity index (χ3n) is 3.89. The lowest BCUT2D eigenvalue weighted by Gasteiger charge is -2.26. The molecule has 3 N–H and O–H groups in total. The number of carbonyl (C=O) groups is 1. The molecular formula is C13H20N2O4S. The molecule has 112 valence electrons. The SMILES string of the molecule is CC1CCC(CNS(=O)(=O)c2c[nH]c(C(=O)O)c2)CC1. The van der Waals surface area contributed by atoms with Crippen molar-refractivity contribution in [3.8, 4) is 0 Å². The van der Waals surface area contributed by atoms with Gasteiger partial charge in [-0.05, 0) is 30.7 Å². The molecule has 0 spiro atoms. The zero-order valence-electron chi connectivity index (χ0n) is 11.4. The minimum Gasteiger partial charge on any atom is -0.477 e. The Balaban J connectivity index is 1.95. The Morgan fingerprint density at radius 3 is 2.60 bits per heavy atom. The molecule has 1 fully saturated rings. The van der Waals surface area contributed by atoms with E-state index in [0.717, 1.165) is 37.7 Å². The molecule has 1 aromatic rings. The van der Waals surface area contributed by atoms with Crippen LogP contribution in [-0.4, -0.2) is 31.0 Å². The first kappa shape index (κ1) is 15.1. The number of nitrogens with one attached hydrogen (secondary N) is 2. The van der Waals surface area contributed by atoms with Crippen molar-refractivity contribution in [1.29, 1.82) is 0 Å². The maximum atomic E-state index is 12.1. The summed E-state index contributed by atoms with van der Waals surface area (Å²) in [6.07, 6.45) is 5.56. The van der Waals surface area contributed by atoms with Gasteiger partial charge in [0.15, 0.2) is 0 Å². The molecular weight excluding hydrogens is 280 g/mol.